The minimum Gasteiger partial charge on any atom is -0.468 e. The van der Waals surface area contributed by atoms with Gasteiger partial charge in [-0.3, -0.25) is 4.79 Å². The number of nitriles is 1. The van der Waals surface area contributed by atoms with Gasteiger partial charge in [-0.2, -0.15) is 9.57 Å². The SMILES string of the molecule is COC(=O)C1CCCN1S(=O)(=O)c1cc(Cl)ccc1C#N. The summed E-state index contributed by atoms with van der Waals surface area (Å²) >= 11 is 5.83. The number of nitrogens with zero attached hydrogens (tertiary/aromatic N) is 2. The van der Waals surface area contributed by atoms with Crippen LogP contribution in [0.2, 0.25) is 5.02 Å². The molecule has 0 spiro atoms. The Morgan fingerprint density at radius 3 is 2.86 bits per heavy atom. The zero-order valence-corrected chi connectivity index (χ0v) is 12.8. The minimum atomic E-state index is -3.98. The van der Waals surface area contributed by atoms with Gasteiger partial charge in [0.1, 0.15) is 17.0 Å². The predicted molar refractivity (Wildman–Crippen MR) is 75.1 cm³/mol. The summed E-state index contributed by atoms with van der Waals surface area (Å²) in [5.41, 5.74) is -0.00471. The minimum absolute atomic E-state index is 0.00471. The highest BCUT2D eigenvalue weighted by Gasteiger charge is 2.41. The van der Waals surface area contributed by atoms with E-state index in [-0.39, 0.29) is 22.0 Å². The molecule has 1 heterocycles. The summed E-state index contributed by atoms with van der Waals surface area (Å²) in [7, 11) is -2.77. The third-order valence-electron chi connectivity index (χ3n) is 3.33. The standard InChI is InChI=1S/C13H13ClN2O4S/c1-20-13(17)11-3-2-6-16(11)21(18,19)12-7-10(14)5-4-9(12)8-15/h4-5,7,11H,2-3,6H2,1H3. The molecule has 1 aromatic carbocycles. The normalized spacial score (nSPS) is 19.2. The molecule has 1 saturated heterocycles. The lowest BCUT2D eigenvalue weighted by atomic mass is 10.2. The van der Waals surface area contributed by atoms with Crippen LogP contribution in [0, 0.1) is 11.3 Å². The lowest BCUT2D eigenvalue weighted by Gasteiger charge is -2.22. The number of rotatable bonds is 3. The molecule has 1 fully saturated rings. The van der Waals surface area contributed by atoms with Crippen LogP contribution in [0.1, 0.15) is 18.4 Å². The number of halogens is 1. The van der Waals surface area contributed by atoms with Crippen LogP contribution in [0.15, 0.2) is 23.1 Å². The number of sulfonamides is 1. The second-order valence-electron chi connectivity index (χ2n) is 4.55. The number of ether oxygens (including phenoxy) is 1. The molecular formula is C13H13ClN2O4S. The molecule has 1 aliphatic heterocycles. The zero-order chi connectivity index (χ0) is 15.6. The van der Waals surface area contributed by atoms with Crippen LogP contribution < -0.4 is 0 Å². The Balaban J connectivity index is 2.50. The first-order chi connectivity index (χ1) is 9.91. The van der Waals surface area contributed by atoms with Gasteiger partial charge in [-0.1, -0.05) is 11.6 Å². The van der Waals surface area contributed by atoms with E-state index in [1.807, 2.05) is 6.07 Å². The number of carbonyl (C=O) groups excluding carboxylic acids is 1. The van der Waals surface area contributed by atoms with Crippen LogP contribution in [-0.2, 0) is 19.6 Å². The van der Waals surface area contributed by atoms with Crippen LogP contribution in [0.4, 0.5) is 0 Å². The van der Waals surface area contributed by atoms with Gasteiger partial charge in [0.05, 0.1) is 12.7 Å². The molecule has 112 valence electrons. The lowest BCUT2D eigenvalue weighted by molar-refractivity contribution is -0.144. The van der Waals surface area contributed by atoms with Gasteiger partial charge in [-0.25, -0.2) is 8.42 Å². The average molecular weight is 329 g/mol. The Hall–Kier alpha value is -1.62. The van der Waals surface area contributed by atoms with Crippen LogP contribution in [0.25, 0.3) is 0 Å². The molecule has 0 saturated carbocycles. The first-order valence-corrected chi connectivity index (χ1v) is 8.03. The van der Waals surface area contributed by atoms with Crippen LogP contribution in [0.5, 0.6) is 0 Å². The summed E-state index contributed by atoms with van der Waals surface area (Å²) < 4.78 is 31.1. The highest BCUT2D eigenvalue weighted by molar-refractivity contribution is 7.89. The topological polar surface area (TPSA) is 87.5 Å². The van der Waals surface area contributed by atoms with Gasteiger partial charge in [0, 0.05) is 11.6 Å². The Morgan fingerprint density at radius 2 is 2.24 bits per heavy atom. The van der Waals surface area contributed by atoms with Gasteiger partial charge in [0.25, 0.3) is 0 Å². The highest BCUT2D eigenvalue weighted by Crippen LogP contribution is 2.29. The molecule has 0 radical (unpaired) electrons. The molecule has 21 heavy (non-hydrogen) atoms. The molecule has 1 atom stereocenters. The monoisotopic (exact) mass is 328 g/mol. The fraction of sp³-hybridized carbons (Fsp3) is 0.385. The fourth-order valence-electron chi connectivity index (χ4n) is 2.33. The molecule has 0 N–H and O–H groups in total. The smallest absolute Gasteiger partial charge is 0.324 e. The van der Waals surface area contributed by atoms with Crippen molar-refractivity contribution in [2.45, 2.75) is 23.8 Å². The van der Waals surface area contributed by atoms with Crippen molar-refractivity contribution in [3.05, 3.63) is 28.8 Å². The van der Waals surface area contributed by atoms with Crippen molar-refractivity contribution in [1.29, 1.82) is 5.26 Å². The molecule has 0 bridgehead atoms. The molecule has 0 aliphatic carbocycles. The summed E-state index contributed by atoms with van der Waals surface area (Å²) in [4.78, 5) is 11.5. The summed E-state index contributed by atoms with van der Waals surface area (Å²) in [5.74, 6) is -0.600. The Labute approximate surface area is 127 Å². The number of carbonyl (C=O) groups is 1. The quantitative estimate of drug-likeness (QED) is 0.785. The van der Waals surface area contributed by atoms with E-state index in [0.717, 1.165) is 4.31 Å². The van der Waals surface area contributed by atoms with E-state index in [1.165, 1.54) is 25.3 Å². The Kier molecular flexibility index (Phi) is 4.52. The third kappa shape index (κ3) is 2.88. The zero-order valence-electron chi connectivity index (χ0n) is 11.2. The average Bonchev–Trinajstić information content (AvgIpc) is 2.96. The molecule has 0 amide bonds. The molecule has 6 nitrogen and oxygen atoms in total. The third-order valence-corrected chi connectivity index (χ3v) is 5.51. The molecule has 0 aromatic heterocycles. The van der Waals surface area contributed by atoms with Crippen LogP contribution in [-0.4, -0.2) is 38.4 Å². The van der Waals surface area contributed by atoms with Crippen molar-refractivity contribution in [2.75, 3.05) is 13.7 Å². The van der Waals surface area contributed by atoms with Gasteiger partial charge in [-0.05, 0) is 31.0 Å². The summed E-state index contributed by atoms with van der Waals surface area (Å²) in [6.07, 6.45) is 0.954. The molecule has 1 aromatic rings. The van der Waals surface area contributed by atoms with E-state index in [1.54, 1.807) is 0 Å². The van der Waals surface area contributed by atoms with Crippen molar-refractivity contribution in [3.63, 3.8) is 0 Å². The van der Waals surface area contributed by atoms with Crippen molar-refractivity contribution in [1.82, 2.24) is 4.31 Å². The maximum atomic E-state index is 12.7. The molecule has 1 aliphatic rings. The Morgan fingerprint density at radius 1 is 1.52 bits per heavy atom. The van der Waals surface area contributed by atoms with Crippen molar-refractivity contribution in [2.24, 2.45) is 0 Å². The largest absolute Gasteiger partial charge is 0.468 e. The molecule has 2 rings (SSSR count). The summed E-state index contributed by atoms with van der Waals surface area (Å²) in [5, 5.41) is 9.28. The van der Waals surface area contributed by atoms with Crippen LogP contribution in [0.3, 0.4) is 0 Å². The van der Waals surface area contributed by atoms with Gasteiger partial charge >= 0.3 is 5.97 Å². The highest BCUT2D eigenvalue weighted by atomic mass is 35.5. The fourth-order valence-corrected chi connectivity index (χ4v) is 4.38. The summed E-state index contributed by atoms with van der Waals surface area (Å²) in [6, 6.07) is 4.99. The van der Waals surface area contributed by atoms with Gasteiger partial charge in [0.15, 0.2) is 0 Å². The van der Waals surface area contributed by atoms with Gasteiger partial charge in [0.2, 0.25) is 10.0 Å². The van der Waals surface area contributed by atoms with E-state index < -0.39 is 22.0 Å². The van der Waals surface area contributed by atoms with Crippen molar-refractivity contribution >= 4 is 27.6 Å². The van der Waals surface area contributed by atoms with E-state index in [2.05, 4.69) is 4.74 Å². The number of methoxy groups -OCH3 is 1. The number of benzene rings is 1. The predicted octanol–water partition coefficient (Wildman–Crippen LogP) is 1.54. The molecule has 8 heteroatoms. The second kappa shape index (κ2) is 6.02. The van der Waals surface area contributed by atoms with E-state index in [0.29, 0.717) is 12.8 Å². The lowest BCUT2D eigenvalue weighted by Crippen LogP contribution is -2.41. The number of hydrogen-bond donors (Lipinski definition) is 0. The molecular weight excluding hydrogens is 316 g/mol. The van der Waals surface area contributed by atoms with Gasteiger partial charge < -0.3 is 4.74 Å². The number of hydrogen-bond acceptors (Lipinski definition) is 5. The van der Waals surface area contributed by atoms with Gasteiger partial charge in [-0.15, -0.1) is 0 Å². The van der Waals surface area contributed by atoms with Crippen molar-refractivity contribution in [3.8, 4) is 6.07 Å². The van der Waals surface area contributed by atoms with E-state index >= 15 is 0 Å². The summed E-state index contributed by atoms with van der Waals surface area (Å²) in [6.45, 7) is 0.208. The van der Waals surface area contributed by atoms with E-state index in [4.69, 9.17) is 16.9 Å². The second-order valence-corrected chi connectivity index (χ2v) is 6.84. The Bertz CT molecular complexity index is 711. The van der Waals surface area contributed by atoms with Crippen LogP contribution >= 0.6 is 11.6 Å². The maximum Gasteiger partial charge on any atom is 0.324 e. The first kappa shape index (κ1) is 15.8. The first-order valence-electron chi connectivity index (χ1n) is 6.21. The molecule has 1 unspecified atom stereocenters. The van der Waals surface area contributed by atoms with E-state index in [9.17, 15) is 13.2 Å². The number of esters is 1. The maximum absolute atomic E-state index is 12.7. The van der Waals surface area contributed by atoms with Crippen molar-refractivity contribution < 1.29 is 17.9 Å².